The van der Waals surface area contributed by atoms with E-state index in [1.165, 1.54) is 0 Å². The first-order chi connectivity index (χ1) is 13.3. The molecule has 0 radical (unpaired) electrons. The number of methoxy groups -OCH3 is 2. The number of anilines is 1. The van der Waals surface area contributed by atoms with E-state index in [1.807, 2.05) is 0 Å². The molecule has 1 aliphatic heterocycles. The second-order valence-corrected chi connectivity index (χ2v) is 6.12. The molecule has 1 aromatic carbocycles. The third-order valence-electron chi connectivity index (χ3n) is 4.47. The number of carbonyl (C=O) groups is 1. The van der Waals surface area contributed by atoms with E-state index in [2.05, 4.69) is 10.2 Å². The maximum Gasteiger partial charge on any atom is 0.471 e. The van der Waals surface area contributed by atoms with Gasteiger partial charge in [-0.3, -0.25) is 4.79 Å². The van der Waals surface area contributed by atoms with Gasteiger partial charge in [0.1, 0.15) is 11.5 Å². The Balaban J connectivity index is 1.72. The van der Waals surface area contributed by atoms with Crippen molar-refractivity contribution in [3.05, 3.63) is 30.3 Å². The third kappa shape index (κ3) is 4.10. The Kier molecular flexibility index (Phi) is 5.57. The Bertz CT molecular complexity index is 835. The van der Waals surface area contributed by atoms with Gasteiger partial charge in [0.15, 0.2) is 5.82 Å². The molecule has 1 saturated heterocycles. The van der Waals surface area contributed by atoms with E-state index < -0.39 is 12.1 Å². The number of aromatic nitrogens is 2. The van der Waals surface area contributed by atoms with Crippen LogP contribution in [0, 0.1) is 0 Å². The van der Waals surface area contributed by atoms with E-state index in [9.17, 15) is 18.0 Å². The predicted molar refractivity (Wildman–Crippen MR) is 95.4 cm³/mol. The van der Waals surface area contributed by atoms with Crippen molar-refractivity contribution in [2.75, 3.05) is 45.3 Å². The lowest BCUT2D eigenvalue weighted by atomic mass is 10.1. The summed E-state index contributed by atoms with van der Waals surface area (Å²) in [6, 6.07) is 8.81. The zero-order valence-corrected chi connectivity index (χ0v) is 15.4. The van der Waals surface area contributed by atoms with E-state index in [-0.39, 0.29) is 26.2 Å². The molecular formula is C18H19F3N4O3. The van der Waals surface area contributed by atoms with Gasteiger partial charge in [0, 0.05) is 31.7 Å². The highest BCUT2D eigenvalue weighted by Gasteiger charge is 2.43. The van der Waals surface area contributed by atoms with Gasteiger partial charge in [-0.1, -0.05) is 0 Å². The van der Waals surface area contributed by atoms with Crippen LogP contribution >= 0.6 is 0 Å². The maximum absolute atomic E-state index is 12.5. The van der Waals surface area contributed by atoms with Crippen molar-refractivity contribution >= 4 is 11.7 Å². The van der Waals surface area contributed by atoms with Crippen LogP contribution in [-0.2, 0) is 4.79 Å². The first kappa shape index (κ1) is 19.7. The number of amides is 1. The van der Waals surface area contributed by atoms with Crippen LogP contribution in [0.2, 0.25) is 0 Å². The standard InChI is InChI=1S/C18H19F3N4O3/c1-27-12-3-5-15(28-2)13(11-12)14-4-6-16(23-22-14)24-7-9-25(10-8-24)17(26)18(19,20)21/h3-6,11H,7-10H2,1-2H3. The van der Waals surface area contributed by atoms with Crippen LogP contribution < -0.4 is 14.4 Å². The second kappa shape index (κ2) is 7.91. The van der Waals surface area contributed by atoms with E-state index in [1.54, 1.807) is 49.5 Å². The van der Waals surface area contributed by atoms with Crippen LogP contribution in [0.4, 0.5) is 19.0 Å². The van der Waals surface area contributed by atoms with Gasteiger partial charge in [0.05, 0.1) is 19.9 Å². The molecule has 3 rings (SSSR count). The number of nitrogens with zero attached hydrogens (tertiary/aromatic N) is 4. The first-order valence-corrected chi connectivity index (χ1v) is 8.50. The normalized spacial score (nSPS) is 14.8. The molecule has 0 saturated carbocycles. The van der Waals surface area contributed by atoms with Crippen LogP contribution in [0.1, 0.15) is 0 Å². The van der Waals surface area contributed by atoms with Crippen LogP contribution in [0.5, 0.6) is 11.5 Å². The van der Waals surface area contributed by atoms with Crippen LogP contribution in [0.15, 0.2) is 30.3 Å². The van der Waals surface area contributed by atoms with Gasteiger partial charge < -0.3 is 19.3 Å². The summed E-state index contributed by atoms with van der Waals surface area (Å²) in [4.78, 5) is 13.9. The summed E-state index contributed by atoms with van der Waals surface area (Å²) < 4.78 is 48.2. The van der Waals surface area contributed by atoms with Crippen molar-refractivity contribution in [1.29, 1.82) is 0 Å². The van der Waals surface area contributed by atoms with Crippen molar-refractivity contribution in [3.8, 4) is 22.8 Å². The predicted octanol–water partition coefficient (Wildman–Crippen LogP) is 2.37. The fourth-order valence-electron chi connectivity index (χ4n) is 2.97. The van der Waals surface area contributed by atoms with Crippen molar-refractivity contribution in [2.24, 2.45) is 0 Å². The SMILES string of the molecule is COc1ccc(OC)c(-c2ccc(N3CCN(C(=O)C(F)(F)F)CC3)nn2)c1. The number of hydrogen-bond donors (Lipinski definition) is 0. The smallest absolute Gasteiger partial charge is 0.471 e. The summed E-state index contributed by atoms with van der Waals surface area (Å²) in [5, 5.41) is 8.40. The highest BCUT2D eigenvalue weighted by Crippen LogP contribution is 2.32. The molecule has 0 atom stereocenters. The monoisotopic (exact) mass is 396 g/mol. The van der Waals surface area contributed by atoms with Crippen molar-refractivity contribution < 1.29 is 27.4 Å². The fourth-order valence-corrected chi connectivity index (χ4v) is 2.97. The first-order valence-electron chi connectivity index (χ1n) is 8.50. The third-order valence-corrected chi connectivity index (χ3v) is 4.47. The fraction of sp³-hybridized carbons (Fsp3) is 0.389. The van der Waals surface area contributed by atoms with E-state index in [4.69, 9.17) is 9.47 Å². The minimum absolute atomic E-state index is 0.0223. The average molecular weight is 396 g/mol. The molecule has 1 aliphatic rings. The van der Waals surface area contributed by atoms with Gasteiger partial charge >= 0.3 is 12.1 Å². The minimum Gasteiger partial charge on any atom is -0.497 e. The van der Waals surface area contributed by atoms with Gasteiger partial charge in [-0.15, -0.1) is 10.2 Å². The van der Waals surface area contributed by atoms with Crippen LogP contribution in [-0.4, -0.2) is 67.6 Å². The maximum atomic E-state index is 12.5. The number of carbonyl (C=O) groups excluding carboxylic acids is 1. The molecule has 1 amide bonds. The summed E-state index contributed by atoms with van der Waals surface area (Å²) in [5.74, 6) is -0.0160. The lowest BCUT2D eigenvalue weighted by Crippen LogP contribution is -2.52. The molecule has 7 nitrogen and oxygen atoms in total. The molecule has 0 unspecified atom stereocenters. The number of piperazine rings is 1. The minimum atomic E-state index is -4.85. The summed E-state index contributed by atoms with van der Waals surface area (Å²) in [6.45, 7) is 0.452. The van der Waals surface area contributed by atoms with Crippen molar-refractivity contribution in [3.63, 3.8) is 0 Å². The molecule has 1 fully saturated rings. The Morgan fingerprint density at radius 1 is 1.00 bits per heavy atom. The molecule has 0 bridgehead atoms. The molecule has 0 aliphatic carbocycles. The van der Waals surface area contributed by atoms with E-state index in [0.29, 0.717) is 28.6 Å². The largest absolute Gasteiger partial charge is 0.497 e. The highest BCUT2D eigenvalue weighted by molar-refractivity contribution is 5.82. The Morgan fingerprint density at radius 3 is 2.25 bits per heavy atom. The lowest BCUT2D eigenvalue weighted by Gasteiger charge is -2.35. The molecular weight excluding hydrogens is 377 g/mol. The summed E-state index contributed by atoms with van der Waals surface area (Å²) in [6.07, 6.45) is -4.85. The lowest BCUT2D eigenvalue weighted by molar-refractivity contribution is -0.185. The van der Waals surface area contributed by atoms with Gasteiger partial charge in [0.25, 0.3) is 0 Å². The number of alkyl halides is 3. The molecule has 150 valence electrons. The van der Waals surface area contributed by atoms with Crippen molar-refractivity contribution in [2.45, 2.75) is 6.18 Å². The topological polar surface area (TPSA) is 67.8 Å². The van der Waals surface area contributed by atoms with Crippen LogP contribution in [0.25, 0.3) is 11.3 Å². The Hall–Kier alpha value is -3.04. The number of benzene rings is 1. The zero-order valence-electron chi connectivity index (χ0n) is 15.4. The second-order valence-electron chi connectivity index (χ2n) is 6.12. The molecule has 2 heterocycles. The molecule has 2 aromatic rings. The highest BCUT2D eigenvalue weighted by atomic mass is 19.4. The molecule has 10 heteroatoms. The quantitative estimate of drug-likeness (QED) is 0.791. The zero-order chi connectivity index (χ0) is 20.3. The average Bonchev–Trinajstić information content (AvgIpc) is 2.72. The summed E-state index contributed by atoms with van der Waals surface area (Å²) >= 11 is 0. The van der Waals surface area contributed by atoms with Gasteiger partial charge in [-0.25, -0.2) is 0 Å². The van der Waals surface area contributed by atoms with Gasteiger partial charge in [-0.05, 0) is 30.3 Å². The molecule has 28 heavy (non-hydrogen) atoms. The van der Waals surface area contributed by atoms with E-state index in [0.717, 1.165) is 4.90 Å². The van der Waals surface area contributed by atoms with Crippen molar-refractivity contribution in [1.82, 2.24) is 15.1 Å². The number of halogens is 3. The number of hydrogen-bond acceptors (Lipinski definition) is 6. The van der Waals surface area contributed by atoms with Gasteiger partial charge in [0.2, 0.25) is 0 Å². The summed E-state index contributed by atoms with van der Waals surface area (Å²) in [5.41, 5.74) is 1.28. The van der Waals surface area contributed by atoms with E-state index >= 15 is 0 Å². The molecule has 0 spiro atoms. The van der Waals surface area contributed by atoms with Crippen LogP contribution in [0.3, 0.4) is 0 Å². The number of rotatable bonds is 4. The number of ether oxygens (including phenoxy) is 2. The molecule has 0 N–H and O–H groups in total. The molecule has 1 aromatic heterocycles. The Morgan fingerprint density at radius 2 is 1.71 bits per heavy atom. The Labute approximate surface area is 159 Å². The summed E-state index contributed by atoms with van der Waals surface area (Å²) in [7, 11) is 3.11. The van der Waals surface area contributed by atoms with Gasteiger partial charge in [-0.2, -0.15) is 13.2 Å².